The molecule has 1 atom stereocenters. The largest absolute Gasteiger partial charge is 0.417 e. The van der Waals surface area contributed by atoms with E-state index in [0.29, 0.717) is 15.9 Å². The van der Waals surface area contributed by atoms with Crippen LogP contribution in [0.4, 0.5) is 18.9 Å². The van der Waals surface area contributed by atoms with Crippen molar-refractivity contribution < 1.29 is 31.2 Å². The molecule has 3 rings (SSSR count). The Bertz CT molecular complexity index is 1570. The van der Waals surface area contributed by atoms with Gasteiger partial charge in [-0.05, 0) is 68.8 Å². The number of halogens is 6. The Morgan fingerprint density at radius 1 is 0.929 bits per heavy atom. The number of benzene rings is 3. The summed E-state index contributed by atoms with van der Waals surface area (Å²) in [4.78, 5) is 27.5. The molecule has 42 heavy (non-hydrogen) atoms. The molecule has 0 saturated heterocycles. The molecule has 0 aliphatic heterocycles. The molecule has 0 saturated carbocycles. The van der Waals surface area contributed by atoms with Crippen LogP contribution in [0.3, 0.4) is 0 Å². The van der Waals surface area contributed by atoms with Crippen LogP contribution in [0.5, 0.6) is 0 Å². The number of aryl methyl sites for hydroxylation is 1. The van der Waals surface area contributed by atoms with Crippen molar-refractivity contribution in [3.63, 3.8) is 0 Å². The van der Waals surface area contributed by atoms with Gasteiger partial charge in [-0.15, -0.1) is 0 Å². The molecule has 1 N–H and O–H groups in total. The molecule has 0 aliphatic carbocycles. The zero-order valence-electron chi connectivity index (χ0n) is 22.7. The molecule has 0 radical (unpaired) electrons. The SMILES string of the molecule is CCNC(=O)[C@@H](C)N(Cc1ccc(Cl)c(Cl)c1)C(=O)CN(c1ccc(Cl)c(C(F)(F)F)c1)S(=O)(=O)c1ccc(C)cc1. The van der Waals surface area contributed by atoms with Gasteiger partial charge in [0.1, 0.15) is 12.6 Å². The minimum absolute atomic E-state index is 0.180. The summed E-state index contributed by atoms with van der Waals surface area (Å²) in [6.45, 7) is 4.02. The highest BCUT2D eigenvalue weighted by atomic mass is 35.5. The van der Waals surface area contributed by atoms with Gasteiger partial charge in [-0.3, -0.25) is 13.9 Å². The van der Waals surface area contributed by atoms with Crippen molar-refractivity contribution in [3.8, 4) is 0 Å². The monoisotopic (exact) mass is 663 g/mol. The molecular formula is C28H27Cl3F3N3O4S. The van der Waals surface area contributed by atoms with E-state index in [1.165, 1.54) is 43.3 Å². The summed E-state index contributed by atoms with van der Waals surface area (Å²) in [5.74, 6) is -1.39. The average Bonchev–Trinajstić information content (AvgIpc) is 2.92. The van der Waals surface area contributed by atoms with Gasteiger partial charge in [-0.1, -0.05) is 58.6 Å². The van der Waals surface area contributed by atoms with Crippen molar-refractivity contribution in [2.45, 2.75) is 44.4 Å². The fourth-order valence-electron chi connectivity index (χ4n) is 3.99. The van der Waals surface area contributed by atoms with Crippen LogP contribution in [0.1, 0.15) is 30.5 Å². The summed E-state index contributed by atoms with van der Waals surface area (Å²) in [6, 6.07) is 11.6. The van der Waals surface area contributed by atoms with Gasteiger partial charge in [0, 0.05) is 13.1 Å². The standard InChI is InChI=1S/C28H27Cl3F3N3O4S/c1-4-35-27(39)18(3)36(15-19-7-11-24(30)25(31)13-19)26(38)16-37(42(40,41)21-9-5-17(2)6-10-21)20-8-12-23(29)22(14-20)28(32,33)34/h5-14,18H,4,15-16H2,1-3H3,(H,35,39)/t18-/m1/s1. The first-order valence-corrected chi connectivity index (χ1v) is 15.1. The molecule has 0 bridgehead atoms. The fourth-order valence-corrected chi connectivity index (χ4v) is 5.94. The molecule has 0 aromatic heterocycles. The minimum Gasteiger partial charge on any atom is -0.355 e. The van der Waals surface area contributed by atoms with E-state index in [1.807, 2.05) is 0 Å². The van der Waals surface area contributed by atoms with E-state index >= 15 is 0 Å². The van der Waals surface area contributed by atoms with Crippen LogP contribution in [0.25, 0.3) is 0 Å². The topological polar surface area (TPSA) is 86.8 Å². The molecular weight excluding hydrogens is 638 g/mol. The lowest BCUT2D eigenvalue weighted by molar-refractivity contribution is -0.139. The summed E-state index contributed by atoms with van der Waals surface area (Å²) in [6.07, 6.45) is -4.90. The second-order valence-electron chi connectivity index (χ2n) is 9.33. The van der Waals surface area contributed by atoms with Gasteiger partial charge in [0.05, 0.1) is 31.2 Å². The number of carbonyl (C=O) groups is 2. The molecule has 0 spiro atoms. The van der Waals surface area contributed by atoms with Crippen molar-refractivity contribution in [2.24, 2.45) is 0 Å². The fraction of sp³-hybridized carbons (Fsp3) is 0.286. The normalized spacial score (nSPS) is 12.5. The maximum Gasteiger partial charge on any atom is 0.417 e. The van der Waals surface area contributed by atoms with E-state index < -0.39 is 56.9 Å². The van der Waals surface area contributed by atoms with Crippen molar-refractivity contribution in [3.05, 3.63) is 92.4 Å². The van der Waals surface area contributed by atoms with Crippen LogP contribution >= 0.6 is 34.8 Å². The zero-order chi connectivity index (χ0) is 31.4. The third-order valence-electron chi connectivity index (χ3n) is 6.29. The summed E-state index contributed by atoms with van der Waals surface area (Å²) in [5, 5.41) is 2.42. The average molecular weight is 665 g/mol. The number of sulfonamides is 1. The number of anilines is 1. The number of rotatable bonds is 10. The Morgan fingerprint density at radius 3 is 2.12 bits per heavy atom. The van der Waals surface area contributed by atoms with E-state index in [1.54, 1.807) is 19.9 Å². The lowest BCUT2D eigenvalue weighted by Crippen LogP contribution is -2.51. The summed E-state index contributed by atoms with van der Waals surface area (Å²) in [5.41, 5.74) is -0.499. The zero-order valence-corrected chi connectivity index (χ0v) is 25.8. The first-order chi connectivity index (χ1) is 19.6. The van der Waals surface area contributed by atoms with E-state index in [2.05, 4.69) is 5.32 Å². The highest BCUT2D eigenvalue weighted by molar-refractivity contribution is 7.92. The molecule has 3 aromatic carbocycles. The number of likely N-dealkylation sites (N-methyl/N-ethyl adjacent to an activating group) is 1. The van der Waals surface area contributed by atoms with E-state index in [4.69, 9.17) is 34.8 Å². The van der Waals surface area contributed by atoms with Gasteiger partial charge in [0.2, 0.25) is 11.8 Å². The Labute approximate surface area is 257 Å². The number of hydrogen-bond acceptors (Lipinski definition) is 4. The molecule has 0 fully saturated rings. The number of hydrogen-bond donors (Lipinski definition) is 1. The predicted molar refractivity (Wildman–Crippen MR) is 157 cm³/mol. The number of alkyl halides is 3. The summed E-state index contributed by atoms with van der Waals surface area (Å²) in [7, 11) is -4.58. The van der Waals surface area contributed by atoms with Gasteiger partial charge < -0.3 is 10.2 Å². The Balaban J connectivity index is 2.13. The van der Waals surface area contributed by atoms with Crippen LogP contribution in [-0.4, -0.2) is 44.3 Å². The van der Waals surface area contributed by atoms with Crippen molar-refractivity contribution >= 4 is 62.3 Å². The highest BCUT2D eigenvalue weighted by Crippen LogP contribution is 2.38. The maximum absolute atomic E-state index is 13.8. The lowest BCUT2D eigenvalue weighted by atomic mass is 10.1. The predicted octanol–water partition coefficient (Wildman–Crippen LogP) is 6.72. The first kappa shape index (κ1) is 33.5. The third kappa shape index (κ3) is 7.89. The van der Waals surface area contributed by atoms with Crippen molar-refractivity contribution in [2.75, 3.05) is 17.4 Å². The third-order valence-corrected chi connectivity index (χ3v) is 9.14. The molecule has 0 aliphatic rings. The minimum atomic E-state index is -4.90. The molecule has 0 unspecified atom stereocenters. The second-order valence-corrected chi connectivity index (χ2v) is 12.4. The molecule has 0 heterocycles. The molecule has 2 amide bonds. The van der Waals surface area contributed by atoms with Crippen LogP contribution in [0.15, 0.2) is 65.6 Å². The van der Waals surface area contributed by atoms with Crippen LogP contribution in [-0.2, 0) is 32.3 Å². The lowest BCUT2D eigenvalue weighted by Gasteiger charge is -2.32. The van der Waals surface area contributed by atoms with E-state index in [-0.39, 0.29) is 28.0 Å². The second kappa shape index (κ2) is 13.5. The van der Waals surface area contributed by atoms with Crippen molar-refractivity contribution in [1.82, 2.24) is 10.2 Å². The van der Waals surface area contributed by atoms with E-state index in [9.17, 15) is 31.2 Å². The smallest absolute Gasteiger partial charge is 0.355 e. The molecule has 14 heteroatoms. The number of amides is 2. The van der Waals surface area contributed by atoms with Crippen LogP contribution in [0, 0.1) is 6.92 Å². The Hall–Kier alpha value is -2.99. The summed E-state index contributed by atoms with van der Waals surface area (Å²) >= 11 is 17.9. The van der Waals surface area contributed by atoms with Gasteiger partial charge >= 0.3 is 6.18 Å². The number of carbonyl (C=O) groups excluding carboxylic acids is 2. The Morgan fingerprint density at radius 2 is 1.55 bits per heavy atom. The van der Waals surface area contributed by atoms with Crippen molar-refractivity contribution in [1.29, 1.82) is 0 Å². The number of nitrogens with one attached hydrogen (secondary N) is 1. The molecule has 3 aromatic rings. The van der Waals surface area contributed by atoms with Crippen LogP contribution < -0.4 is 9.62 Å². The maximum atomic E-state index is 13.8. The van der Waals surface area contributed by atoms with Crippen LogP contribution in [0.2, 0.25) is 15.1 Å². The summed E-state index contributed by atoms with van der Waals surface area (Å²) < 4.78 is 69.4. The highest BCUT2D eigenvalue weighted by Gasteiger charge is 2.37. The van der Waals surface area contributed by atoms with Gasteiger partial charge in [0.15, 0.2) is 0 Å². The van der Waals surface area contributed by atoms with E-state index in [0.717, 1.165) is 22.6 Å². The van der Waals surface area contributed by atoms with Gasteiger partial charge in [0.25, 0.3) is 10.0 Å². The van der Waals surface area contributed by atoms with Gasteiger partial charge in [-0.2, -0.15) is 13.2 Å². The number of nitrogens with zero attached hydrogens (tertiary/aromatic N) is 2. The molecule has 7 nitrogen and oxygen atoms in total. The molecule has 226 valence electrons. The Kier molecular flexibility index (Phi) is 10.8. The van der Waals surface area contributed by atoms with Gasteiger partial charge in [-0.25, -0.2) is 8.42 Å². The first-order valence-electron chi connectivity index (χ1n) is 12.5. The quantitative estimate of drug-likeness (QED) is 0.261.